The second-order valence-electron chi connectivity index (χ2n) is 12.1. The van der Waals surface area contributed by atoms with E-state index in [0.717, 1.165) is 37.3 Å². The maximum atomic E-state index is 12.1. The van der Waals surface area contributed by atoms with Gasteiger partial charge in [-0.3, -0.25) is 0 Å². The molecule has 5 heteroatoms. The molecule has 2 spiro atoms. The first-order chi connectivity index (χ1) is 15.0. The second-order valence-corrected chi connectivity index (χ2v) is 12.1. The summed E-state index contributed by atoms with van der Waals surface area (Å²) < 4.78 is 19.2. The molecule has 1 N–H and O–H groups in total. The maximum absolute atomic E-state index is 12.1. The van der Waals surface area contributed by atoms with Crippen LogP contribution in [0.25, 0.3) is 0 Å². The molecule has 2 heterocycles. The molecular weight excluding hydrogens is 402 g/mol. The lowest BCUT2D eigenvalue weighted by atomic mass is 9.35. The van der Waals surface area contributed by atoms with Crippen molar-refractivity contribution in [3.8, 4) is 11.5 Å². The molecule has 1 saturated heterocycles. The molecule has 174 valence electrons. The Labute approximate surface area is 191 Å². The van der Waals surface area contributed by atoms with Crippen LogP contribution in [0.2, 0.25) is 0 Å². The van der Waals surface area contributed by atoms with Gasteiger partial charge in [0.1, 0.15) is 11.7 Å². The van der Waals surface area contributed by atoms with Crippen LogP contribution in [0.1, 0.15) is 51.7 Å². The van der Waals surface area contributed by atoms with E-state index < -0.39 is 11.2 Å². The molecular formula is C27H37NO4. The lowest BCUT2D eigenvalue weighted by Gasteiger charge is -2.72. The number of aliphatic hydroxyl groups is 1. The molecule has 4 aliphatic carbocycles. The Balaban J connectivity index is 1.67. The summed E-state index contributed by atoms with van der Waals surface area (Å²) in [6.45, 7) is 9.45. The van der Waals surface area contributed by atoms with E-state index in [9.17, 15) is 5.11 Å². The molecule has 1 aromatic rings. The SMILES string of the molecule is COc1ccc2c3c1O[C@H]1C4(OC)C=CC5(C[C@@H]4C(C)(O)C(C)(C)C)[C@@H](C2)N(C)CC[C@]315. The number of benzene rings is 1. The minimum Gasteiger partial charge on any atom is -0.493 e. The highest BCUT2D eigenvalue weighted by Crippen LogP contribution is 2.75. The van der Waals surface area contributed by atoms with Gasteiger partial charge in [0, 0.05) is 30.0 Å². The van der Waals surface area contributed by atoms with Crippen LogP contribution in [-0.2, 0) is 16.6 Å². The van der Waals surface area contributed by atoms with Crippen molar-refractivity contribution in [2.24, 2.45) is 16.7 Å². The van der Waals surface area contributed by atoms with Crippen LogP contribution < -0.4 is 9.47 Å². The summed E-state index contributed by atoms with van der Waals surface area (Å²) in [7, 11) is 5.79. The summed E-state index contributed by atoms with van der Waals surface area (Å²) in [6, 6.07) is 4.69. The number of rotatable bonds is 3. The number of likely N-dealkylation sites (tertiary alicyclic amines) is 1. The lowest BCUT2D eigenvalue weighted by Crippen LogP contribution is -2.81. The summed E-state index contributed by atoms with van der Waals surface area (Å²) in [5, 5.41) is 12.1. The number of fused-ring (bicyclic) bond motifs is 1. The van der Waals surface area contributed by atoms with Gasteiger partial charge in [-0.2, -0.15) is 0 Å². The summed E-state index contributed by atoms with van der Waals surface area (Å²) in [5.41, 5.74) is 0.548. The van der Waals surface area contributed by atoms with E-state index >= 15 is 0 Å². The van der Waals surface area contributed by atoms with Crippen LogP contribution in [0.3, 0.4) is 0 Å². The smallest absolute Gasteiger partial charge is 0.166 e. The summed E-state index contributed by atoms with van der Waals surface area (Å²) in [6.07, 6.45) is 7.46. The summed E-state index contributed by atoms with van der Waals surface area (Å²) in [4.78, 5) is 2.55. The van der Waals surface area contributed by atoms with E-state index in [2.05, 4.69) is 57.0 Å². The molecule has 2 fully saturated rings. The number of hydrogen-bond donors (Lipinski definition) is 1. The van der Waals surface area contributed by atoms with Gasteiger partial charge in [0.25, 0.3) is 0 Å². The number of hydrogen-bond acceptors (Lipinski definition) is 5. The van der Waals surface area contributed by atoms with Crippen molar-refractivity contribution in [1.82, 2.24) is 4.90 Å². The van der Waals surface area contributed by atoms with Crippen molar-refractivity contribution in [1.29, 1.82) is 0 Å². The quantitative estimate of drug-likeness (QED) is 0.728. The van der Waals surface area contributed by atoms with Crippen molar-refractivity contribution in [3.63, 3.8) is 0 Å². The average Bonchev–Trinajstić information content (AvgIpc) is 3.12. The van der Waals surface area contributed by atoms with Gasteiger partial charge in [0.15, 0.2) is 11.5 Å². The molecule has 7 rings (SSSR count). The molecule has 7 atom stereocenters. The second kappa shape index (κ2) is 5.92. The van der Waals surface area contributed by atoms with Crippen LogP contribution in [0.15, 0.2) is 24.3 Å². The highest BCUT2D eigenvalue weighted by molar-refractivity contribution is 5.65. The van der Waals surface area contributed by atoms with Crippen molar-refractivity contribution in [2.75, 3.05) is 27.8 Å². The third kappa shape index (κ3) is 1.96. The average molecular weight is 440 g/mol. The fourth-order valence-electron chi connectivity index (χ4n) is 8.37. The Morgan fingerprint density at radius 2 is 1.91 bits per heavy atom. The molecule has 4 bridgehead atoms. The van der Waals surface area contributed by atoms with E-state index in [1.165, 1.54) is 11.1 Å². The van der Waals surface area contributed by atoms with Crippen LogP contribution in [-0.4, -0.2) is 61.2 Å². The highest BCUT2D eigenvalue weighted by Gasteiger charge is 2.80. The van der Waals surface area contributed by atoms with E-state index in [1.54, 1.807) is 14.2 Å². The minimum atomic E-state index is -0.933. The third-order valence-electron chi connectivity index (χ3n) is 10.5. The zero-order valence-electron chi connectivity index (χ0n) is 20.5. The van der Waals surface area contributed by atoms with Gasteiger partial charge in [0.2, 0.25) is 0 Å². The van der Waals surface area contributed by atoms with Gasteiger partial charge in [-0.25, -0.2) is 0 Å². The van der Waals surface area contributed by atoms with Gasteiger partial charge in [-0.15, -0.1) is 0 Å². The van der Waals surface area contributed by atoms with Gasteiger partial charge in [0.05, 0.1) is 18.1 Å². The zero-order valence-corrected chi connectivity index (χ0v) is 20.5. The van der Waals surface area contributed by atoms with Gasteiger partial charge in [-0.1, -0.05) is 39.0 Å². The van der Waals surface area contributed by atoms with E-state index in [0.29, 0.717) is 6.04 Å². The van der Waals surface area contributed by atoms with Gasteiger partial charge in [-0.05, 0) is 56.8 Å². The highest BCUT2D eigenvalue weighted by atomic mass is 16.6. The fourth-order valence-corrected chi connectivity index (χ4v) is 8.37. The largest absolute Gasteiger partial charge is 0.493 e. The van der Waals surface area contributed by atoms with Gasteiger partial charge >= 0.3 is 0 Å². The van der Waals surface area contributed by atoms with Crippen LogP contribution in [0.5, 0.6) is 11.5 Å². The van der Waals surface area contributed by atoms with Crippen LogP contribution >= 0.6 is 0 Å². The predicted octanol–water partition coefficient (Wildman–Crippen LogP) is 3.71. The topological polar surface area (TPSA) is 51.2 Å². The monoisotopic (exact) mass is 439 g/mol. The Morgan fingerprint density at radius 1 is 1.16 bits per heavy atom. The van der Waals surface area contributed by atoms with Gasteiger partial charge < -0.3 is 24.2 Å². The Morgan fingerprint density at radius 3 is 2.56 bits per heavy atom. The fraction of sp³-hybridized carbons (Fsp3) is 0.704. The molecule has 0 aromatic heterocycles. The summed E-state index contributed by atoms with van der Waals surface area (Å²) in [5.74, 6) is 1.63. The number of methoxy groups -OCH3 is 2. The molecule has 3 unspecified atom stereocenters. The first-order valence-electron chi connectivity index (χ1n) is 12.1. The first kappa shape index (κ1) is 21.0. The molecule has 1 saturated carbocycles. The van der Waals surface area contributed by atoms with Crippen molar-refractivity contribution >= 4 is 0 Å². The standard InChI is InChI=1S/C27H37NO4/c1-23(2,3)24(4,29)18-15-25-10-11-27(18,31-7)22-26(25)12-13-28(5)19(25)14-16-8-9-17(30-6)21(32-22)20(16)26/h8-11,18-19,22,29H,12-15H2,1-7H3/t18-,19-,22-,24?,25?,26+,27?/m1/s1. The van der Waals surface area contributed by atoms with Crippen molar-refractivity contribution in [2.45, 2.75) is 75.7 Å². The molecule has 6 aliphatic rings. The number of piperidine rings is 1. The molecule has 2 aliphatic heterocycles. The molecule has 32 heavy (non-hydrogen) atoms. The number of likely N-dealkylation sites (N-methyl/N-ethyl adjacent to an activating group) is 1. The van der Waals surface area contributed by atoms with E-state index in [1.807, 2.05) is 6.92 Å². The van der Waals surface area contributed by atoms with E-state index in [4.69, 9.17) is 14.2 Å². The lowest BCUT2D eigenvalue weighted by molar-refractivity contribution is -0.261. The predicted molar refractivity (Wildman–Crippen MR) is 123 cm³/mol. The normalized spacial score (nSPS) is 42.9. The number of nitrogens with zero attached hydrogens (tertiary/aromatic N) is 1. The molecule has 5 nitrogen and oxygen atoms in total. The Bertz CT molecular complexity index is 1030. The Kier molecular flexibility index (Phi) is 3.88. The van der Waals surface area contributed by atoms with Crippen molar-refractivity contribution in [3.05, 3.63) is 35.4 Å². The maximum Gasteiger partial charge on any atom is 0.166 e. The Hall–Kier alpha value is -1.56. The zero-order chi connectivity index (χ0) is 22.9. The molecule has 0 radical (unpaired) electrons. The van der Waals surface area contributed by atoms with E-state index in [-0.39, 0.29) is 28.3 Å². The summed E-state index contributed by atoms with van der Waals surface area (Å²) >= 11 is 0. The molecule has 1 aromatic carbocycles. The minimum absolute atomic E-state index is 0.0843. The van der Waals surface area contributed by atoms with Crippen LogP contribution in [0.4, 0.5) is 0 Å². The molecule has 0 amide bonds. The van der Waals surface area contributed by atoms with Crippen LogP contribution in [0, 0.1) is 16.7 Å². The van der Waals surface area contributed by atoms with Crippen molar-refractivity contribution < 1.29 is 19.3 Å². The number of ether oxygens (including phenoxy) is 3. The first-order valence-corrected chi connectivity index (χ1v) is 12.1. The third-order valence-corrected chi connectivity index (χ3v) is 10.5.